The number of rotatable bonds is 3. The van der Waals surface area contributed by atoms with Gasteiger partial charge in [0.1, 0.15) is 5.02 Å². The lowest BCUT2D eigenvalue weighted by Crippen LogP contribution is -2.20. The van der Waals surface area contributed by atoms with E-state index in [1.165, 1.54) is 4.68 Å². The van der Waals surface area contributed by atoms with Gasteiger partial charge in [0.2, 0.25) is 0 Å². The van der Waals surface area contributed by atoms with Crippen molar-refractivity contribution in [3.05, 3.63) is 10.7 Å². The summed E-state index contributed by atoms with van der Waals surface area (Å²) < 4.78 is 23.9. The van der Waals surface area contributed by atoms with E-state index in [1.807, 2.05) is 13.8 Å². The molecule has 0 unspecified atom stereocenters. The number of nitrogens with two attached hydrogens (primary N) is 1. The summed E-state index contributed by atoms with van der Waals surface area (Å²) in [6.45, 7) is 6.03. The van der Waals surface area contributed by atoms with E-state index in [2.05, 4.69) is 5.10 Å². The monoisotopic (exact) mass is 251 g/mol. The second-order valence-electron chi connectivity index (χ2n) is 3.83. The molecule has 1 aromatic heterocycles. The van der Waals surface area contributed by atoms with Gasteiger partial charge < -0.3 is 0 Å². The van der Waals surface area contributed by atoms with Crippen LogP contribution >= 0.6 is 11.6 Å². The van der Waals surface area contributed by atoms with Gasteiger partial charge in [-0.1, -0.05) is 25.4 Å². The zero-order valence-electron chi connectivity index (χ0n) is 8.86. The smallest absolute Gasteiger partial charge is 0.251 e. The van der Waals surface area contributed by atoms with Gasteiger partial charge in [-0.2, -0.15) is 5.10 Å². The molecule has 86 valence electrons. The Morgan fingerprint density at radius 3 is 2.47 bits per heavy atom. The van der Waals surface area contributed by atoms with Crippen molar-refractivity contribution in [2.45, 2.75) is 32.3 Å². The van der Waals surface area contributed by atoms with Crippen molar-refractivity contribution in [2.24, 2.45) is 11.1 Å². The maximum atomic E-state index is 11.3. The maximum Gasteiger partial charge on any atom is 0.256 e. The molecule has 0 amide bonds. The van der Waals surface area contributed by atoms with Crippen LogP contribution in [0.3, 0.4) is 0 Å². The number of hydrogen-bond acceptors (Lipinski definition) is 3. The van der Waals surface area contributed by atoms with Gasteiger partial charge >= 0.3 is 0 Å². The summed E-state index contributed by atoms with van der Waals surface area (Å²) in [4.78, 5) is 0. The lowest BCUT2D eigenvalue weighted by molar-refractivity contribution is 0.447. The standard InChI is InChI=1S/C8H14ClN3O2S/c1-5(2)4-12-8(15(10,13)14)7(9)6(3)11-12/h5H,4H2,1-3H3,(H2,10,13,14). The van der Waals surface area contributed by atoms with Crippen LogP contribution in [0.4, 0.5) is 0 Å². The van der Waals surface area contributed by atoms with Crippen LogP contribution in [-0.2, 0) is 16.6 Å². The van der Waals surface area contributed by atoms with Gasteiger partial charge in [-0.25, -0.2) is 13.6 Å². The number of nitrogens with zero attached hydrogens (tertiary/aromatic N) is 2. The molecule has 0 radical (unpaired) electrons. The van der Waals surface area contributed by atoms with Crippen molar-refractivity contribution in [3.63, 3.8) is 0 Å². The molecule has 0 saturated carbocycles. The van der Waals surface area contributed by atoms with E-state index >= 15 is 0 Å². The van der Waals surface area contributed by atoms with Crippen LogP contribution < -0.4 is 5.14 Å². The number of sulfonamides is 1. The largest absolute Gasteiger partial charge is 0.256 e. The summed E-state index contributed by atoms with van der Waals surface area (Å²) >= 11 is 5.84. The fourth-order valence-electron chi connectivity index (χ4n) is 1.28. The van der Waals surface area contributed by atoms with E-state index < -0.39 is 10.0 Å². The van der Waals surface area contributed by atoms with Gasteiger partial charge in [0, 0.05) is 6.54 Å². The Labute approximate surface area is 94.3 Å². The molecular formula is C8H14ClN3O2S. The summed E-state index contributed by atoms with van der Waals surface area (Å²) in [7, 11) is -3.82. The third-order valence-electron chi connectivity index (χ3n) is 1.82. The average Bonchev–Trinajstić information content (AvgIpc) is 2.24. The molecule has 7 heteroatoms. The lowest BCUT2D eigenvalue weighted by atomic mass is 10.2. The SMILES string of the molecule is Cc1nn(CC(C)C)c(S(N)(=O)=O)c1Cl. The van der Waals surface area contributed by atoms with E-state index in [1.54, 1.807) is 6.92 Å². The predicted octanol–water partition coefficient (Wildman–Crippen LogP) is 1.15. The van der Waals surface area contributed by atoms with Gasteiger partial charge in [-0.3, -0.25) is 4.68 Å². The lowest BCUT2D eigenvalue weighted by Gasteiger charge is -2.08. The van der Waals surface area contributed by atoms with Gasteiger partial charge in [-0.05, 0) is 12.8 Å². The van der Waals surface area contributed by atoms with Gasteiger partial charge in [-0.15, -0.1) is 0 Å². The highest BCUT2D eigenvalue weighted by Gasteiger charge is 2.23. The quantitative estimate of drug-likeness (QED) is 0.875. The molecule has 15 heavy (non-hydrogen) atoms. The van der Waals surface area contributed by atoms with Crippen molar-refractivity contribution in [1.29, 1.82) is 0 Å². The molecule has 0 spiro atoms. The first-order chi connectivity index (χ1) is 6.73. The Balaban J connectivity index is 3.34. The molecule has 1 aromatic rings. The van der Waals surface area contributed by atoms with E-state index in [0.717, 1.165) is 0 Å². The highest BCUT2D eigenvalue weighted by molar-refractivity contribution is 7.89. The molecule has 0 bridgehead atoms. The van der Waals surface area contributed by atoms with E-state index in [4.69, 9.17) is 16.7 Å². The van der Waals surface area contributed by atoms with Crippen molar-refractivity contribution in [1.82, 2.24) is 9.78 Å². The number of aromatic nitrogens is 2. The first-order valence-corrected chi connectivity index (χ1v) is 6.41. The van der Waals surface area contributed by atoms with E-state index in [9.17, 15) is 8.42 Å². The number of halogens is 1. The molecule has 5 nitrogen and oxygen atoms in total. The highest BCUT2D eigenvalue weighted by Crippen LogP contribution is 2.24. The van der Waals surface area contributed by atoms with Crippen LogP contribution in [0.2, 0.25) is 5.02 Å². The molecule has 0 aliphatic rings. The Morgan fingerprint density at radius 1 is 1.53 bits per heavy atom. The van der Waals surface area contributed by atoms with Gasteiger partial charge in [0.05, 0.1) is 5.69 Å². The van der Waals surface area contributed by atoms with Crippen molar-refractivity contribution >= 4 is 21.6 Å². The third kappa shape index (κ3) is 2.70. The van der Waals surface area contributed by atoms with Crippen molar-refractivity contribution in [2.75, 3.05) is 0 Å². The first kappa shape index (κ1) is 12.5. The van der Waals surface area contributed by atoms with Crippen LogP contribution in [0.25, 0.3) is 0 Å². The minimum atomic E-state index is -3.82. The van der Waals surface area contributed by atoms with Crippen LogP contribution in [0.15, 0.2) is 5.03 Å². The summed E-state index contributed by atoms with van der Waals surface area (Å²) in [5.41, 5.74) is 0.473. The average molecular weight is 252 g/mol. The molecule has 0 aliphatic carbocycles. The second kappa shape index (κ2) is 4.11. The second-order valence-corrected chi connectivity index (χ2v) is 5.68. The molecular weight excluding hydrogens is 238 g/mol. The molecule has 1 rings (SSSR count). The zero-order valence-corrected chi connectivity index (χ0v) is 10.4. The number of hydrogen-bond donors (Lipinski definition) is 1. The molecule has 0 aliphatic heterocycles. The topological polar surface area (TPSA) is 78.0 Å². The minimum absolute atomic E-state index is 0.102. The fourth-order valence-corrected chi connectivity index (χ4v) is 2.54. The molecule has 0 saturated heterocycles. The normalized spacial score (nSPS) is 12.4. The highest BCUT2D eigenvalue weighted by atomic mass is 35.5. The van der Waals surface area contributed by atoms with E-state index in [0.29, 0.717) is 12.2 Å². The number of primary sulfonamides is 1. The summed E-state index contributed by atoms with van der Waals surface area (Å²) in [6, 6.07) is 0. The van der Waals surface area contributed by atoms with Crippen LogP contribution in [-0.4, -0.2) is 18.2 Å². The van der Waals surface area contributed by atoms with Gasteiger partial charge in [0.15, 0.2) is 5.03 Å². The fraction of sp³-hybridized carbons (Fsp3) is 0.625. The van der Waals surface area contributed by atoms with Crippen molar-refractivity contribution < 1.29 is 8.42 Å². The Kier molecular flexibility index (Phi) is 3.42. The minimum Gasteiger partial charge on any atom is -0.251 e. The first-order valence-electron chi connectivity index (χ1n) is 4.49. The van der Waals surface area contributed by atoms with Crippen molar-refractivity contribution in [3.8, 4) is 0 Å². The van der Waals surface area contributed by atoms with E-state index in [-0.39, 0.29) is 16.0 Å². The van der Waals surface area contributed by atoms with Crippen LogP contribution in [0.5, 0.6) is 0 Å². The predicted molar refractivity (Wildman–Crippen MR) is 58.2 cm³/mol. The Morgan fingerprint density at radius 2 is 2.07 bits per heavy atom. The molecule has 1 heterocycles. The maximum absolute atomic E-state index is 11.3. The third-order valence-corrected chi connectivity index (χ3v) is 3.34. The summed E-state index contributed by atoms with van der Waals surface area (Å²) in [5, 5.41) is 9.12. The van der Waals surface area contributed by atoms with Crippen LogP contribution in [0.1, 0.15) is 19.5 Å². The summed E-state index contributed by atoms with van der Waals surface area (Å²) in [5.74, 6) is 0.265. The molecule has 2 N–H and O–H groups in total. The number of aryl methyl sites for hydroxylation is 1. The molecule has 0 fully saturated rings. The Hall–Kier alpha value is -0.590. The summed E-state index contributed by atoms with van der Waals surface area (Å²) in [6.07, 6.45) is 0. The molecule has 0 atom stereocenters. The van der Waals surface area contributed by atoms with Crippen LogP contribution in [0, 0.1) is 12.8 Å². The Bertz CT molecular complexity index is 464. The zero-order chi connectivity index (χ0) is 11.8. The van der Waals surface area contributed by atoms with Gasteiger partial charge in [0.25, 0.3) is 10.0 Å². The molecule has 0 aromatic carbocycles.